The molecule has 1 N–H and O–H groups in total. The standard InChI is InChI=1S/C10H8N2O4/c1-15-10(14)16-9-7-5-3-2-4-6(7)8(13)11-12-9/h2-5H,1H3,(H,11,13). The Labute approximate surface area is 89.8 Å². The second kappa shape index (κ2) is 4.01. The predicted octanol–water partition coefficient (Wildman–Crippen LogP) is 1.07. The number of carbonyl (C=O) groups excluding carboxylic acids is 1. The highest BCUT2D eigenvalue weighted by atomic mass is 16.7. The van der Waals surface area contributed by atoms with Crippen LogP contribution in [0.5, 0.6) is 5.88 Å². The fraction of sp³-hybridized carbons (Fsp3) is 0.100. The van der Waals surface area contributed by atoms with Crippen molar-refractivity contribution < 1.29 is 14.3 Å². The summed E-state index contributed by atoms with van der Waals surface area (Å²) in [5, 5.41) is 6.72. The molecule has 0 saturated carbocycles. The van der Waals surface area contributed by atoms with Gasteiger partial charge < -0.3 is 9.47 Å². The summed E-state index contributed by atoms with van der Waals surface area (Å²) in [6.45, 7) is 0. The van der Waals surface area contributed by atoms with Gasteiger partial charge in [-0.25, -0.2) is 9.89 Å². The minimum atomic E-state index is -0.885. The van der Waals surface area contributed by atoms with Crippen LogP contribution in [-0.2, 0) is 4.74 Å². The zero-order valence-corrected chi connectivity index (χ0v) is 8.39. The van der Waals surface area contributed by atoms with Crippen LogP contribution in [-0.4, -0.2) is 23.5 Å². The lowest BCUT2D eigenvalue weighted by atomic mass is 10.2. The third-order valence-corrected chi connectivity index (χ3v) is 2.01. The number of rotatable bonds is 1. The highest BCUT2D eigenvalue weighted by molar-refractivity contribution is 5.87. The Hall–Kier alpha value is -2.37. The minimum Gasteiger partial charge on any atom is -0.437 e. The molecule has 1 heterocycles. The molecule has 0 aliphatic heterocycles. The number of hydrogen-bond acceptors (Lipinski definition) is 5. The van der Waals surface area contributed by atoms with Gasteiger partial charge in [0.05, 0.1) is 17.9 Å². The molecule has 0 aliphatic rings. The molecule has 16 heavy (non-hydrogen) atoms. The Morgan fingerprint density at radius 2 is 2.00 bits per heavy atom. The maximum Gasteiger partial charge on any atom is 0.514 e. The van der Waals surface area contributed by atoms with Crippen molar-refractivity contribution in [2.45, 2.75) is 0 Å². The largest absolute Gasteiger partial charge is 0.514 e. The number of H-pyrrole nitrogens is 1. The van der Waals surface area contributed by atoms with Gasteiger partial charge in [-0.3, -0.25) is 4.79 Å². The van der Waals surface area contributed by atoms with Crippen LogP contribution in [0.2, 0.25) is 0 Å². The van der Waals surface area contributed by atoms with Crippen LogP contribution < -0.4 is 10.3 Å². The van der Waals surface area contributed by atoms with E-state index in [1.165, 1.54) is 7.11 Å². The fourth-order valence-electron chi connectivity index (χ4n) is 1.29. The molecule has 1 aromatic heterocycles. The summed E-state index contributed by atoms with van der Waals surface area (Å²) in [4.78, 5) is 22.3. The van der Waals surface area contributed by atoms with Gasteiger partial charge in [-0.15, -0.1) is 5.10 Å². The highest BCUT2D eigenvalue weighted by Gasteiger charge is 2.10. The number of methoxy groups -OCH3 is 1. The van der Waals surface area contributed by atoms with Crippen LogP contribution in [0.1, 0.15) is 0 Å². The lowest BCUT2D eigenvalue weighted by molar-refractivity contribution is 0.120. The molecule has 1 aromatic carbocycles. The van der Waals surface area contributed by atoms with Crippen molar-refractivity contribution in [2.75, 3.05) is 7.11 Å². The zero-order valence-electron chi connectivity index (χ0n) is 8.39. The Balaban J connectivity index is 2.59. The van der Waals surface area contributed by atoms with Crippen molar-refractivity contribution in [3.05, 3.63) is 34.6 Å². The van der Waals surface area contributed by atoms with Gasteiger partial charge in [-0.05, 0) is 12.1 Å². The average molecular weight is 220 g/mol. The fourth-order valence-corrected chi connectivity index (χ4v) is 1.29. The molecule has 0 fully saturated rings. The summed E-state index contributed by atoms with van der Waals surface area (Å²) in [6, 6.07) is 6.67. The summed E-state index contributed by atoms with van der Waals surface area (Å²) < 4.78 is 9.13. The van der Waals surface area contributed by atoms with Crippen LogP contribution in [0.3, 0.4) is 0 Å². The van der Waals surface area contributed by atoms with Gasteiger partial charge >= 0.3 is 6.16 Å². The maximum absolute atomic E-state index is 11.4. The lowest BCUT2D eigenvalue weighted by Crippen LogP contribution is -2.14. The summed E-state index contributed by atoms with van der Waals surface area (Å²) in [6.07, 6.45) is -0.885. The molecule has 82 valence electrons. The van der Waals surface area contributed by atoms with Crippen LogP contribution in [0.15, 0.2) is 29.1 Å². The zero-order chi connectivity index (χ0) is 11.5. The van der Waals surface area contributed by atoms with Crippen molar-refractivity contribution in [3.8, 4) is 5.88 Å². The summed E-state index contributed by atoms with van der Waals surface area (Å²) in [5.41, 5.74) is -0.340. The van der Waals surface area contributed by atoms with Crippen LogP contribution in [0.25, 0.3) is 10.8 Å². The third kappa shape index (κ3) is 1.72. The van der Waals surface area contributed by atoms with E-state index < -0.39 is 6.16 Å². The molecule has 0 amide bonds. The van der Waals surface area contributed by atoms with Crippen LogP contribution in [0.4, 0.5) is 4.79 Å². The van der Waals surface area contributed by atoms with Crippen LogP contribution in [0, 0.1) is 0 Å². The van der Waals surface area contributed by atoms with Gasteiger partial charge in [0.15, 0.2) is 0 Å². The molecule has 0 aliphatic carbocycles. The first kappa shape index (κ1) is 10.2. The molecule has 0 radical (unpaired) electrons. The number of nitrogens with one attached hydrogen (secondary N) is 1. The quantitative estimate of drug-likeness (QED) is 0.727. The number of hydrogen-bond donors (Lipinski definition) is 1. The summed E-state index contributed by atoms with van der Waals surface area (Å²) >= 11 is 0. The van der Waals surface area contributed by atoms with E-state index in [-0.39, 0.29) is 11.4 Å². The molecule has 0 unspecified atom stereocenters. The Morgan fingerprint density at radius 1 is 1.31 bits per heavy atom. The summed E-state index contributed by atoms with van der Waals surface area (Å²) in [7, 11) is 1.19. The second-order valence-electron chi connectivity index (χ2n) is 2.96. The van der Waals surface area contributed by atoms with Gasteiger partial charge in [0.2, 0.25) is 0 Å². The van der Waals surface area contributed by atoms with E-state index in [1.807, 2.05) is 0 Å². The molecule has 2 rings (SSSR count). The molecule has 6 heteroatoms. The average Bonchev–Trinajstić information content (AvgIpc) is 2.33. The van der Waals surface area contributed by atoms with Crippen molar-refractivity contribution in [1.29, 1.82) is 0 Å². The minimum absolute atomic E-state index is 0.0158. The van der Waals surface area contributed by atoms with Gasteiger partial charge in [0, 0.05) is 0 Å². The van der Waals surface area contributed by atoms with E-state index in [0.717, 1.165) is 0 Å². The molecule has 2 aromatic rings. The number of aromatic nitrogens is 2. The number of fused-ring (bicyclic) bond motifs is 1. The molecule has 0 spiro atoms. The monoisotopic (exact) mass is 220 g/mol. The maximum atomic E-state index is 11.4. The highest BCUT2D eigenvalue weighted by Crippen LogP contribution is 2.19. The molecule has 6 nitrogen and oxygen atoms in total. The van der Waals surface area contributed by atoms with E-state index in [1.54, 1.807) is 24.3 Å². The van der Waals surface area contributed by atoms with E-state index in [0.29, 0.717) is 10.8 Å². The Morgan fingerprint density at radius 3 is 2.69 bits per heavy atom. The molecular formula is C10H8N2O4. The van der Waals surface area contributed by atoms with Gasteiger partial charge in [0.25, 0.3) is 11.4 Å². The van der Waals surface area contributed by atoms with Gasteiger partial charge in [0.1, 0.15) is 0 Å². The number of benzene rings is 1. The second-order valence-corrected chi connectivity index (χ2v) is 2.96. The predicted molar refractivity (Wildman–Crippen MR) is 55.4 cm³/mol. The molecule has 0 saturated heterocycles. The Kier molecular flexibility index (Phi) is 2.55. The number of aromatic amines is 1. The van der Waals surface area contributed by atoms with E-state index in [9.17, 15) is 9.59 Å². The number of nitrogens with zero attached hydrogens (tertiary/aromatic N) is 1. The first-order chi connectivity index (χ1) is 7.72. The number of ether oxygens (including phenoxy) is 2. The first-order valence-electron chi connectivity index (χ1n) is 4.45. The lowest BCUT2D eigenvalue weighted by Gasteiger charge is -2.03. The molecular weight excluding hydrogens is 212 g/mol. The van der Waals surface area contributed by atoms with Crippen LogP contribution >= 0.6 is 0 Å². The first-order valence-corrected chi connectivity index (χ1v) is 4.45. The van der Waals surface area contributed by atoms with E-state index >= 15 is 0 Å². The SMILES string of the molecule is COC(=O)Oc1n[nH]c(=O)c2ccccc12. The van der Waals surface area contributed by atoms with E-state index in [4.69, 9.17) is 4.74 Å². The van der Waals surface area contributed by atoms with Gasteiger partial charge in [-0.2, -0.15) is 0 Å². The number of carbonyl (C=O) groups is 1. The van der Waals surface area contributed by atoms with E-state index in [2.05, 4.69) is 14.9 Å². The molecule has 0 bridgehead atoms. The Bertz CT molecular complexity index is 591. The van der Waals surface area contributed by atoms with Crippen molar-refractivity contribution in [2.24, 2.45) is 0 Å². The van der Waals surface area contributed by atoms with Gasteiger partial charge in [-0.1, -0.05) is 12.1 Å². The topological polar surface area (TPSA) is 81.3 Å². The van der Waals surface area contributed by atoms with Crippen molar-refractivity contribution in [1.82, 2.24) is 10.2 Å². The smallest absolute Gasteiger partial charge is 0.437 e. The third-order valence-electron chi connectivity index (χ3n) is 2.01. The normalized spacial score (nSPS) is 10.1. The molecule has 0 atom stereocenters. The van der Waals surface area contributed by atoms with Crippen molar-refractivity contribution >= 4 is 16.9 Å². The summed E-state index contributed by atoms with van der Waals surface area (Å²) in [5.74, 6) is 0.0158. The van der Waals surface area contributed by atoms with Crippen molar-refractivity contribution in [3.63, 3.8) is 0 Å².